The molecule has 9 nitrogen and oxygen atoms in total. The van der Waals surface area contributed by atoms with Gasteiger partial charge in [0.05, 0.1) is 17.7 Å². The van der Waals surface area contributed by atoms with Gasteiger partial charge in [0.2, 0.25) is 6.04 Å². The molecule has 0 bridgehead atoms. The Balaban J connectivity index is 2.57. The van der Waals surface area contributed by atoms with Crippen molar-refractivity contribution in [1.82, 2.24) is 19.8 Å². The van der Waals surface area contributed by atoms with Crippen molar-refractivity contribution in [3.05, 3.63) is 38.3 Å². The Kier molecular flexibility index (Phi) is 3.00. The first kappa shape index (κ1) is 12.7. The Morgan fingerprint density at radius 1 is 1.53 bits per heavy atom. The Bertz CT molecular complexity index is 689. The van der Waals surface area contributed by atoms with Gasteiger partial charge in [-0.25, -0.2) is 4.79 Å². The standard InChI is InChI=1S/C10H10N6O3/c1-6-7(5-11)3-8(4-9(6)16(18)19)15-10(17)14(2)12-13-15/h3-4,6,9H,1-2H3. The zero-order valence-electron chi connectivity index (χ0n) is 10.2. The number of aryl methyl sites for hydroxylation is 1. The summed E-state index contributed by atoms with van der Waals surface area (Å²) in [7, 11) is 1.41. The van der Waals surface area contributed by atoms with Gasteiger partial charge in [-0.1, -0.05) is 6.92 Å². The number of nitrogens with zero attached hydrogens (tertiary/aromatic N) is 6. The number of tetrazole rings is 1. The summed E-state index contributed by atoms with van der Waals surface area (Å²) in [6, 6.07) is 0.844. The number of aromatic nitrogens is 4. The number of nitriles is 1. The van der Waals surface area contributed by atoms with E-state index >= 15 is 0 Å². The summed E-state index contributed by atoms with van der Waals surface area (Å²) in [5.74, 6) is -0.545. The largest absolute Gasteiger partial charge is 0.368 e. The van der Waals surface area contributed by atoms with Crippen molar-refractivity contribution in [2.45, 2.75) is 13.0 Å². The SMILES string of the molecule is CC1C(C#N)=CC(n2nnn(C)c2=O)=CC1[N+](=O)[O-]. The lowest BCUT2D eigenvalue weighted by Gasteiger charge is -2.18. The maximum atomic E-state index is 11.7. The molecular weight excluding hydrogens is 252 g/mol. The minimum Gasteiger partial charge on any atom is -0.264 e. The van der Waals surface area contributed by atoms with E-state index in [1.807, 2.05) is 6.07 Å². The maximum Gasteiger partial charge on any atom is 0.368 e. The van der Waals surface area contributed by atoms with E-state index in [4.69, 9.17) is 5.26 Å². The second-order valence-electron chi connectivity index (χ2n) is 4.16. The first-order valence-electron chi connectivity index (χ1n) is 5.42. The predicted molar refractivity (Wildman–Crippen MR) is 63.2 cm³/mol. The van der Waals surface area contributed by atoms with E-state index in [0.717, 1.165) is 9.36 Å². The van der Waals surface area contributed by atoms with Crippen molar-refractivity contribution >= 4 is 5.70 Å². The zero-order valence-corrected chi connectivity index (χ0v) is 10.2. The fraction of sp³-hybridized carbons (Fsp3) is 0.400. The molecule has 1 aromatic heterocycles. The first-order chi connectivity index (χ1) is 8.95. The molecule has 1 heterocycles. The number of rotatable bonds is 2. The van der Waals surface area contributed by atoms with Crippen LogP contribution in [0.3, 0.4) is 0 Å². The minimum absolute atomic E-state index is 0.189. The Labute approximate surface area is 107 Å². The molecule has 2 unspecified atom stereocenters. The Morgan fingerprint density at radius 2 is 2.21 bits per heavy atom. The predicted octanol–water partition coefficient (Wildman–Crippen LogP) is -0.437. The monoisotopic (exact) mass is 262 g/mol. The smallest absolute Gasteiger partial charge is 0.264 e. The van der Waals surface area contributed by atoms with Crippen molar-refractivity contribution in [3.8, 4) is 6.07 Å². The molecule has 0 saturated carbocycles. The Morgan fingerprint density at radius 3 is 2.68 bits per heavy atom. The molecule has 19 heavy (non-hydrogen) atoms. The highest BCUT2D eigenvalue weighted by atomic mass is 16.6. The summed E-state index contributed by atoms with van der Waals surface area (Å²) < 4.78 is 1.93. The molecule has 0 fully saturated rings. The first-order valence-corrected chi connectivity index (χ1v) is 5.42. The Hall–Kier alpha value is -2.76. The summed E-state index contributed by atoms with van der Waals surface area (Å²) in [5.41, 5.74) is -0.109. The molecule has 0 saturated heterocycles. The van der Waals surface area contributed by atoms with Crippen molar-refractivity contribution < 1.29 is 4.92 Å². The van der Waals surface area contributed by atoms with Crippen molar-refractivity contribution in [2.24, 2.45) is 13.0 Å². The minimum atomic E-state index is -1.07. The normalized spacial score (nSPS) is 22.4. The molecule has 0 N–H and O–H groups in total. The number of hydrogen-bond acceptors (Lipinski definition) is 6. The van der Waals surface area contributed by atoms with Crippen LogP contribution in [0.4, 0.5) is 0 Å². The lowest BCUT2D eigenvalue weighted by Crippen LogP contribution is -2.31. The van der Waals surface area contributed by atoms with Crippen LogP contribution in [-0.4, -0.2) is 30.8 Å². The summed E-state index contributed by atoms with van der Waals surface area (Å²) in [6.45, 7) is 1.59. The molecule has 0 aliphatic heterocycles. The highest BCUT2D eigenvalue weighted by molar-refractivity contribution is 5.62. The van der Waals surface area contributed by atoms with Crippen LogP contribution >= 0.6 is 0 Å². The third kappa shape index (κ3) is 2.03. The van der Waals surface area contributed by atoms with Gasteiger partial charge in [0.25, 0.3) is 0 Å². The summed E-state index contributed by atoms with van der Waals surface area (Å²) in [6.07, 6.45) is 2.72. The van der Waals surface area contributed by atoms with Crippen LogP contribution in [0.5, 0.6) is 0 Å². The van der Waals surface area contributed by atoms with Crippen LogP contribution in [0.2, 0.25) is 0 Å². The van der Waals surface area contributed by atoms with Crippen molar-refractivity contribution in [3.63, 3.8) is 0 Å². The molecule has 0 aromatic carbocycles. The molecule has 2 rings (SSSR count). The lowest BCUT2D eigenvalue weighted by molar-refractivity contribution is -0.516. The van der Waals surface area contributed by atoms with E-state index in [1.54, 1.807) is 6.92 Å². The number of allylic oxidation sites excluding steroid dienone is 2. The van der Waals surface area contributed by atoms with E-state index in [0.29, 0.717) is 0 Å². The van der Waals surface area contributed by atoms with E-state index in [1.165, 1.54) is 19.2 Å². The van der Waals surface area contributed by atoms with E-state index < -0.39 is 22.6 Å². The third-order valence-corrected chi connectivity index (χ3v) is 2.99. The van der Waals surface area contributed by atoms with Crippen LogP contribution in [0.25, 0.3) is 5.70 Å². The quantitative estimate of drug-likeness (QED) is 0.526. The van der Waals surface area contributed by atoms with Gasteiger partial charge in [0.15, 0.2) is 0 Å². The molecule has 98 valence electrons. The van der Waals surface area contributed by atoms with Crippen LogP contribution in [-0.2, 0) is 7.05 Å². The van der Waals surface area contributed by atoms with Crippen LogP contribution < -0.4 is 5.69 Å². The van der Waals surface area contributed by atoms with Crippen molar-refractivity contribution in [2.75, 3.05) is 0 Å². The van der Waals surface area contributed by atoms with Gasteiger partial charge in [-0.3, -0.25) is 10.1 Å². The van der Waals surface area contributed by atoms with Gasteiger partial charge < -0.3 is 0 Å². The van der Waals surface area contributed by atoms with Crippen LogP contribution in [0.1, 0.15) is 6.92 Å². The fourth-order valence-corrected chi connectivity index (χ4v) is 1.83. The van der Waals surface area contributed by atoms with E-state index in [-0.39, 0.29) is 11.3 Å². The molecule has 0 amide bonds. The van der Waals surface area contributed by atoms with Crippen molar-refractivity contribution in [1.29, 1.82) is 5.26 Å². The van der Waals surface area contributed by atoms with Gasteiger partial charge in [0, 0.05) is 23.6 Å². The summed E-state index contributed by atoms with van der Waals surface area (Å²) >= 11 is 0. The van der Waals surface area contributed by atoms with Gasteiger partial charge >= 0.3 is 5.69 Å². The average molecular weight is 262 g/mol. The lowest BCUT2D eigenvalue weighted by atomic mass is 9.89. The zero-order chi connectivity index (χ0) is 14.2. The van der Waals surface area contributed by atoms with Gasteiger partial charge in [0.1, 0.15) is 0 Å². The average Bonchev–Trinajstić information content (AvgIpc) is 2.70. The van der Waals surface area contributed by atoms with Gasteiger partial charge in [-0.2, -0.15) is 14.6 Å². The second-order valence-corrected chi connectivity index (χ2v) is 4.16. The number of nitro groups is 1. The molecule has 1 aliphatic rings. The maximum absolute atomic E-state index is 11.7. The summed E-state index contributed by atoms with van der Waals surface area (Å²) in [4.78, 5) is 22.2. The van der Waals surface area contributed by atoms with Gasteiger partial charge in [-0.15, -0.1) is 0 Å². The van der Waals surface area contributed by atoms with E-state index in [2.05, 4.69) is 10.4 Å². The highest BCUT2D eigenvalue weighted by Crippen LogP contribution is 2.26. The third-order valence-electron chi connectivity index (χ3n) is 2.99. The second kappa shape index (κ2) is 4.49. The molecular formula is C10H10N6O3. The molecule has 0 spiro atoms. The van der Waals surface area contributed by atoms with Gasteiger partial charge in [-0.05, 0) is 16.5 Å². The number of hydrogen-bond donors (Lipinski definition) is 0. The molecule has 2 atom stereocenters. The van der Waals surface area contributed by atoms with E-state index in [9.17, 15) is 14.9 Å². The molecule has 1 aliphatic carbocycles. The molecule has 0 radical (unpaired) electrons. The van der Waals surface area contributed by atoms with Crippen LogP contribution in [0.15, 0.2) is 22.5 Å². The topological polar surface area (TPSA) is 120 Å². The molecule has 1 aromatic rings. The van der Waals surface area contributed by atoms with Crippen LogP contribution in [0, 0.1) is 27.4 Å². The summed E-state index contributed by atoms with van der Waals surface area (Å²) in [5, 5.41) is 27.1. The highest BCUT2D eigenvalue weighted by Gasteiger charge is 2.33. The molecule has 9 heteroatoms. The fourth-order valence-electron chi connectivity index (χ4n) is 1.83.